The molecule has 0 saturated heterocycles. The van der Waals surface area contributed by atoms with E-state index in [-0.39, 0.29) is 12.6 Å². The highest BCUT2D eigenvalue weighted by Crippen LogP contribution is 1.99. The van der Waals surface area contributed by atoms with Crippen LogP contribution in [0, 0.1) is 0 Å². The first-order valence-electron chi connectivity index (χ1n) is 4.58. The molecule has 2 unspecified atom stereocenters. The van der Waals surface area contributed by atoms with Crippen molar-refractivity contribution in [3.63, 3.8) is 0 Å². The molecule has 80 valence electrons. The quantitative estimate of drug-likeness (QED) is 0.321. The second-order valence-corrected chi connectivity index (χ2v) is 3.05. The molecule has 0 radical (unpaired) electrons. The van der Waals surface area contributed by atoms with Crippen LogP contribution in [0.5, 0.6) is 0 Å². The van der Waals surface area contributed by atoms with Crippen LogP contribution in [0.1, 0.15) is 20.8 Å². The van der Waals surface area contributed by atoms with E-state index in [1.165, 1.54) is 0 Å². The molecule has 0 aromatic carbocycles. The Balaban J connectivity index is 3.24. The van der Waals surface area contributed by atoms with Gasteiger partial charge in [-0.15, -0.1) is 0 Å². The van der Waals surface area contributed by atoms with Gasteiger partial charge in [0.05, 0.1) is 13.2 Å². The molecule has 0 bridgehead atoms. The Morgan fingerprint density at radius 3 is 2.38 bits per heavy atom. The lowest BCUT2D eigenvalue weighted by molar-refractivity contribution is -0.206. The van der Waals surface area contributed by atoms with Gasteiger partial charge >= 0.3 is 0 Å². The molecule has 0 aliphatic rings. The highest BCUT2D eigenvalue weighted by Gasteiger charge is 2.06. The minimum absolute atomic E-state index is 0.172. The summed E-state index contributed by atoms with van der Waals surface area (Å²) in [6, 6.07) is 0. The molecule has 0 amide bonds. The van der Waals surface area contributed by atoms with Gasteiger partial charge in [0.1, 0.15) is 16.8 Å². The van der Waals surface area contributed by atoms with Gasteiger partial charge in [-0.2, -0.15) is 0 Å². The van der Waals surface area contributed by atoms with Crippen LogP contribution in [-0.2, 0) is 18.6 Å². The number of ether oxygens (including phenoxy) is 3. The van der Waals surface area contributed by atoms with Gasteiger partial charge in [-0.05, 0) is 20.8 Å². The fourth-order valence-electron chi connectivity index (χ4n) is 0.782. The van der Waals surface area contributed by atoms with Crippen LogP contribution < -0.4 is 0 Å². The predicted octanol–water partition coefficient (Wildman–Crippen LogP) is 0.0451. The molecule has 0 rings (SSSR count). The summed E-state index contributed by atoms with van der Waals surface area (Å²) in [5.74, 6) is 0. The van der Waals surface area contributed by atoms with Crippen LogP contribution >= 0.6 is 0 Å². The smallest absolute Gasteiger partial charge is 0.158 e. The summed E-state index contributed by atoms with van der Waals surface area (Å²) in [4.78, 5) is 0. The van der Waals surface area contributed by atoms with Crippen molar-refractivity contribution in [2.75, 3.05) is 19.8 Å². The first-order valence-corrected chi connectivity index (χ1v) is 5.40. The van der Waals surface area contributed by atoms with Gasteiger partial charge in [0, 0.05) is 6.61 Å². The summed E-state index contributed by atoms with van der Waals surface area (Å²) >= 11 is 0. The summed E-state index contributed by atoms with van der Waals surface area (Å²) in [6.45, 7) is 7.55. The zero-order chi connectivity index (χ0) is 10.1. The van der Waals surface area contributed by atoms with Crippen LogP contribution in [0.3, 0.4) is 0 Å². The van der Waals surface area contributed by atoms with Crippen molar-refractivity contribution in [2.24, 2.45) is 0 Å². The fourth-order valence-corrected chi connectivity index (χ4v) is 0.893. The topological polar surface area (TPSA) is 36.9 Å². The van der Waals surface area contributed by atoms with Crippen LogP contribution in [0.25, 0.3) is 0 Å². The zero-order valence-electron chi connectivity index (χ0n) is 8.91. The third kappa shape index (κ3) is 8.39. The second-order valence-electron chi connectivity index (χ2n) is 2.57. The van der Waals surface area contributed by atoms with Gasteiger partial charge in [0.15, 0.2) is 6.29 Å². The molecule has 0 fully saturated rings. The van der Waals surface area contributed by atoms with Gasteiger partial charge in [0.25, 0.3) is 0 Å². The largest absolute Gasteiger partial charge is 0.404 e. The Bertz CT molecular complexity index is 112. The third-order valence-corrected chi connectivity index (χ3v) is 2.16. The van der Waals surface area contributed by atoms with Crippen molar-refractivity contribution in [1.29, 1.82) is 0 Å². The average molecular weight is 208 g/mol. The van der Waals surface area contributed by atoms with Crippen LogP contribution in [0.2, 0.25) is 0 Å². The monoisotopic (exact) mass is 208 g/mol. The molecule has 0 aromatic heterocycles. The molecular weight excluding hydrogens is 188 g/mol. The Labute approximate surface area is 83.0 Å². The first kappa shape index (κ1) is 13.1. The zero-order valence-corrected chi connectivity index (χ0v) is 10.9. The third-order valence-electron chi connectivity index (χ3n) is 1.50. The molecule has 0 aliphatic heterocycles. The minimum Gasteiger partial charge on any atom is -0.404 e. The lowest BCUT2D eigenvalue weighted by Gasteiger charge is -2.18. The van der Waals surface area contributed by atoms with Crippen molar-refractivity contribution in [3.8, 4) is 0 Å². The molecule has 0 heterocycles. The van der Waals surface area contributed by atoms with E-state index in [0.717, 1.165) is 6.61 Å². The molecule has 2 atom stereocenters. The Hall–Kier alpha value is 0.0569. The molecular formula is C8H20O4Si. The predicted molar refractivity (Wildman–Crippen MR) is 53.5 cm³/mol. The molecule has 0 aliphatic carbocycles. The summed E-state index contributed by atoms with van der Waals surface area (Å²) in [5, 5.41) is 0. The van der Waals surface area contributed by atoms with Crippen molar-refractivity contribution < 1.29 is 18.6 Å². The Kier molecular flexibility index (Phi) is 8.68. The lowest BCUT2D eigenvalue weighted by Crippen LogP contribution is -2.23. The maximum absolute atomic E-state index is 5.31. The van der Waals surface area contributed by atoms with Crippen molar-refractivity contribution in [3.05, 3.63) is 0 Å². The van der Waals surface area contributed by atoms with Crippen LogP contribution in [-0.4, -0.2) is 42.9 Å². The lowest BCUT2D eigenvalue weighted by atomic mass is 10.6. The number of hydrogen-bond donors (Lipinski definition) is 0. The van der Waals surface area contributed by atoms with E-state index in [4.69, 9.17) is 18.6 Å². The highest BCUT2D eigenvalue weighted by molar-refractivity contribution is 5.98. The first-order chi connectivity index (χ1) is 6.20. The highest BCUT2D eigenvalue weighted by atomic mass is 28.2. The maximum atomic E-state index is 5.31. The Morgan fingerprint density at radius 2 is 1.85 bits per heavy atom. The van der Waals surface area contributed by atoms with E-state index in [1.54, 1.807) is 0 Å². The van der Waals surface area contributed by atoms with E-state index < -0.39 is 0 Å². The SMILES string of the molecule is CCOCCOC(C)OC(C)O[SiH3]. The van der Waals surface area contributed by atoms with Gasteiger partial charge in [-0.1, -0.05) is 0 Å². The van der Waals surface area contributed by atoms with Gasteiger partial charge in [-0.3, -0.25) is 0 Å². The van der Waals surface area contributed by atoms with E-state index in [9.17, 15) is 0 Å². The molecule has 0 N–H and O–H groups in total. The summed E-state index contributed by atoms with van der Waals surface area (Å²) < 4.78 is 20.8. The van der Waals surface area contributed by atoms with Crippen molar-refractivity contribution in [2.45, 2.75) is 33.4 Å². The maximum Gasteiger partial charge on any atom is 0.158 e. The molecule has 5 heteroatoms. The fraction of sp³-hybridized carbons (Fsp3) is 1.00. The number of hydrogen-bond acceptors (Lipinski definition) is 4. The van der Waals surface area contributed by atoms with Gasteiger partial charge in [-0.25, -0.2) is 0 Å². The second kappa shape index (κ2) is 8.65. The summed E-state index contributed by atoms with van der Waals surface area (Å²) in [5.41, 5.74) is 0. The molecule has 0 spiro atoms. The number of rotatable bonds is 8. The standard InChI is InChI=1S/C8H20O4Si/c1-4-9-5-6-10-7(2)11-8(3)12-13/h7-8H,4-6H2,1-3,13H3. The van der Waals surface area contributed by atoms with Crippen molar-refractivity contribution >= 4 is 10.5 Å². The molecule has 4 nitrogen and oxygen atoms in total. The molecule has 13 heavy (non-hydrogen) atoms. The van der Waals surface area contributed by atoms with E-state index in [2.05, 4.69) is 0 Å². The van der Waals surface area contributed by atoms with E-state index >= 15 is 0 Å². The average Bonchev–Trinajstić information content (AvgIpc) is 2.12. The van der Waals surface area contributed by atoms with Gasteiger partial charge < -0.3 is 18.6 Å². The molecule has 0 aromatic rings. The van der Waals surface area contributed by atoms with Crippen molar-refractivity contribution in [1.82, 2.24) is 0 Å². The van der Waals surface area contributed by atoms with Gasteiger partial charge in [0.2, 0.25) is 0 Å². The Morgan fingerprint density at radius 1 is 1.15 bits per heavy atom. The van der Waals surface area contributed by atoms with E-state index in [1.807, 2.05) is 20.8 Å². The van der Waals surface area contributed by atoms with E-state index in [0.29, 0.717) is 23.7 Å². The summed E-state index contributed by atoms with van der Waals surface area (Å²) in [6.07, 6.45) is -0.404. The van der Waals surface area contributed by atoms with Crippen LogP contribution in [0.4, 0.5) is 0 Å². The molecule has 0 saturated carbocycles. The van der Waals surface area contributed by atoms with Crippen LogP contribution in [0.15, 0.2) is 0 Å². The summed E-state index contributed by atoms with van der Waals surface area (Å²) in [7, 11) is 0.679. The normalized spacial score (nSPS) is 15.9. The minimum atomic E-state index is -0.232.